The third-order valence-electron chi connectivity index (χ3n) is 4.62. The highest BCUT2D eigenvalue weighted by Gasteiger charge is 2.26. The summed E-state index contributed by atoms with van der Waals surface area (Å²) in [6.45, 7) is 2.17. The fourth-order valence-electron chi connectivity index (χ4n) is 3.31. The van der Waals surface area contributed by atoms with E-state index in [4.69, 9.17) is 0 Å². The Morgan fingerprint density at radius 3 is 2.68 bits per heavy atom. The van der Waals surface area contributed by atoms with Gasteiger partial charge >= 0.3 is 0 Å². The average molecular weight is 302 g/mol. The highest BCUT2D eigenvalue weighted by molar-refractivity contribution is 5.78. The van der Waals surface area contributed by atoms with Crippen LogP contribution < -0.4 is 5.32 Å². The molecule has 2 saturated carbocycles. The number of carbonyl (C=O) groups excluding carboxylic acids is 1. The van der Waals surface area contributed by atoms with Crippen molar-refractivity contribution in [2.75, 3.05) is 13.1 Å². The van der Waals surface area contributed by atoms with Gasteiger partial charge in [-0.1, -0.05) is 25.0 Å². The lowest BCUT2D eigenvalue weighted by Crippen LogP contribution is -2.41. The van der Waals surface area contributed by atoms with E-state index in [2.05, 4.69) is 10.2 Å². The Kier molecular flexibility index (Phi) is 4.98. The molecule has 22 heavy (non-hydrogen) atoms. The van der Waals surface area contributed by atoms with E-state index in [1.165, 1.54) is 25.7 Å². The number of carbonyl (C=O) groups is 1. The molecular formula is C18H26N2O2. The number of phenolic OH excluding ortho intramolecular Hbond substituents is 1. The second-order valence-corrected chi connectivity index (χ2v) is 6.83. The van der Waals surface area contributed by atoms with Crippen molar-refractivity contribution in [2.24, 2.45) is 5.92 Å². The van der Waals surface area contributed by atoms with Gasteiger partial charge in [-0.25, -0.2) is 0 Å². The largest absolute Gasteiger partial charge is 0.508 e. The van der Waals surface area contributed by atoms with Crippen molar-refractivity contribution in [3.05, 3.63) is 29.8 Å². The van der Waals surface area contributed by atoms with E-state index in [1.807, 2.05) is 12.1 Å². The van der Waals surface area contributed by atoms with Crippen molar-refractivity contribution < 1.29 is 9.90 Å². The van der Waals surface area contributed by atoms with Gasteiger partial charge in [-0.05, 0) is 49.3 Å². The van der Waals surface area contributed by atoms with Gasteiger partial charge < -0.3 is 10.4 Å². The highest BCUT2D eigenvalue weighted by atomic mass is 16.3. The standard InChI is InChI=1S/C18H26N2O2/c21-17-7-3-4-15(10-17)12-20(11-14-8-9-14)13-18(22)19-16-5-1-2-6-16/h3-4,7,10,14,16,21H,1-2,5-6,8-9,11-13H2,(H,19,22). The summed E-state index contributed by atoms with van der Waals surface area (Å²) in [4.78, 5) is 14.5. The zero-order valence-corrected chi connectivity index (χ0v) is 13.1. The molecule has 0 aliphatic heterocycles. The van der Waals surface area contributed by atoms with Crippen LogP contribution in [-0.2, 0) is 11.3 Å². The number of nitrogens with zero attached hydrogens (tertiary/aromatic N) is 1. The van der Waals surface area contributed by atoms with E-state index in [1.54, 1.807) is 12.1 Å². The fourth-order valence-corrected chi connectivity index (χ4v) is 3.31. The molecule has 3 rings (SSSR count). The molecule has 0 saturated heterocycles. The zero-order valence-electron chi connectivity index (χ0n) is 13.1. The summed E-state index contributed by atoms with van der Waals surface area (Å²) in [5.41, 5.74) is 1.06. The first kappa shape index (κ1) is 15.3. The van der Waals surface area contributed by atoms with Crippen LogP contribution in [0, 0.1) is 5.92 Å². The first-order valence-corrected chi connectivity index (χ1v) is 8.48. The molecule has 0 aromatic heterocycles. The van der Waals surface area contributed by atoms with Gasteiger partial charge in [0.25, 0.3) is 0 Å². The first-order chi connectivity index (χ1) is 10.7. The third kappa shape index (κ3) is 4.73. The number of rotatable bonds is 7. The van der Waals surface area contributed by atoms with E-state index >= 15 is 0 Å². The highest BCUT2D eigenvalue weighted by Crippen LogP contribution is 2.30. The molecule has 1 aromatic carbocycles. The number of benzene rings is 1. The smallest absolute Gasteiger partial charge is 0.234 e. The van der Waals surface area contributed by atoms with Gasteiger partial charge in [-0.3, -0.25) is 9.69 Å². The molecule has 120 valence electrons. The van der Waals surface area contributed by atoms with Crippen LogP contribution in [0.15, 0.2) is 24.3 Å². The summed E-state index contributed by atoms with van der Waals surface area (Å²) in [7, 11) is 0. The summed E-state index contributed by atoms with van der Waals surface area (Å²) in [5.74, 6) is 1.18. The normalized spacial score (nSPS) is 18.8. The van der Waals surface area contributed by atoms with Gasteiger partial charge in [0.15, 0.2) is 0 Å². The maximum absolute atomic E-state index is 12.3. The van der Waals surface area contributed by atoms with Gasteiger partial charge in [0.1, 0.15) is 5.75 Å². The SMILES string of the molecule is O=C(CN(Cc1cccc(O)c1)CC1CC1)NC1CCCC1. The van der Waals surface area contributed by atoms with Crippen LogP contribution in [0.25, 0.3) is 0 Å². The van der Waals surface area contributed by atoms with Crippen LogP contribution in [0.3, 0.4) is 0 Å². The fraction of sp³-hybridized carbons (Fsp3) is 0.611. The van der Waals surface area contributed by atoms with Gasteiger partial charge in [-0.2, -0.15) is 0 Å². The van der Waals surface area contributed by atoms with E-state index in [0.29, 0.717) is 18.3 Å². The lowest BCUT2D eigenvalue weighted by molar-refractivity contribution is -0.123. The minimum Gasteiger partial charge on any atom is -0.508 e. The van der Waals surface area contributed by atoms with Crippen molar-refractivity contribution >= 4 is 5.91 Å². The van der Waals surface area contributed by atoms with E-state index < -0.39 is 0 Å². The Labute approximate surface area is 132 Å². The van der Waals surface area contributed by atoms with Crippen LogP contribution in [0.5, 0.6) is 5.75 Å². The van der Waals surface area contributed by atoms with Crippen LogP contribution in [-0.4, -0.2) is 35.0 Å². The van der Waals surface area contributed by atoms with E-state index in [9.17, 15) is 9.90 Å². The third-order valence-corrected chi connectivity index (χ3v) is 4.62. The van der Waals surface area contributed by atoms with Crippen molar-refractivity contribution in [3.8, 4) is 5.75 Å². The van der Waals surface area contributed by atoms with Gasteiger partial charge in [0.05, 0.1) is 6.54 Å². The van der Waals surface area contributed by atoms with Crippen LogP contribution in [0.1, 0.15) is 44.1 Å². The molecule has 4 nitrogen and oxygen atoms in total. The summed E-state index contributed by atoms with van der Waals surface area (Å²) in [6, 6.07) is 7.72. The molecule has 2 N–H and O–H groups in total. The maximum Gasteiger partial charge on any atom is 0.234 e. The summed E-state index contributed by atoms with van der Waals surface area (Å²) in [5, 5.41) is 12.8. The first-order valence-electron chi connectivity index (χ1n) is 8.48. The molecule has 2 aliphatic rings. The molecule has 4 heteroatoms. The number of amides is 1. The number of aromatic hydroxyl groups is 1. The van der Waals surface area contributed by atoms with Crippen molar-refractivity contribution in [2.45, 2.75) is 51.1 Å². The Hall–Kier alpha value is -1.55. The lowest BCUT2D eigenvalue weighted by atomic mass is 10.2. The molecule has 0 heterocycles. The number of hydrogen-bond donors (Lipinski definition) is 2. The predicted octanol–water partition coefficient (Wildman–Crippen LogP) is 2.66. The van der Waals surface area contributed by atoms with Crippen molar-refractivity contribution in [1.82, 2.24) is 10.2 Å². The Balaban J connectivity index is 1.55. The molecule has 2 aliphatic carbocycles. The van der Waals surface area contributed by atoms with Crippen LogP contribution >= 0.6 is 0 Å². The summed E-state index contributed by atoms with van der Waals surface area (Å²) >= 11 is 0. The number of phenols is 1. The molecule has 0 bridgehead atoms. The van der Waals surface area contributed by atoms with Crippen molar-refractivity contribution in [1.29, 1.82) is 0 Å². The minimum absolute atomic E-state index is 0.146. The topological polar surface area (TPSA) is 52.6 Å². The maximum atomic E-state index is 12.3. The summed E-state index contributed by atoms with van der Waals surface area (Å²) < 4.78 is 0. The molecule has 1 amide bonds. The molecule has 0 unspecified atom stereocenters. The molecular weight excluding hydrogens is 276 g/mol. The zero-order chi connectivity index (χ0) is 15.4. The molecule has 0 atom stereocenters. The van der Waals surface area contributed by atoms with E-state index in [0.717, 1.165) is 37.4 Å². The Bertz CT molecular complexity index is 508. The number of nitrogens with one attached hydrogen (secondary N) is 1. The lowest BCUT2D eigenvalue weighted by Gasteiger charge is -2.23. The second kappa shape index (κ2) is 7.14. The summed E-state index contributed by atoms with van der Waals surface area (Å²) in [6.07, 6.45) is 7.28. The monoisotopic (exact) mass is 302 g/mol. The average Bonchev–Trinajstić information content (AvgIpc) is 3.12. The quantitative estimate of drug-likeness (QED) is 0.814. The second-order valence-electron chi connectivity index (χ2n) is 6.83. The molecule has 2 fully saturated rings. The van der Waals surface area contributed by atoms with Gasteiger partial charge in [0.2, 0.25) is 5.91 Å². The van der Waals surface area contributed by atoms with Crippen molar-refractivity contribution in [3.63, 3.8) is 0 Å². The van der Waals surface area contributed by atoms with E-state index in [-0.39, 0.29) is 5.91 Å². The number of hydrogen-bond acceptors (Lipinski definition) is 3. The Morgan fingerprint density at radius 1 is 1.23 bits per heavy atom. The molecule has 0 spiro atoms. The molecule has 1 aromatic rings. The minimum atomic E-state index is 0.146. The van der Waals surface area contributed by atoms with Gasteiger partial charge in [-0.15, -0.1) is 0 Å². The van der Waals surface area contributed by atoms with Gasteiger partial charge in [0, 0.05) is 19.1 Å². The van der Waals surface area contributed by atoms with Crippen LogP contribution in [0.4, 0.5) is 0 Å². The Morgan fingerprint density at radius 2 is 2.00 bits per heavy atom. The molecule has 0 radical (unpaired) electrons. The predicted molar refractivity (Wildman–Crippen MR) is 86.5 cm³/mol. The van der Waals surface area contributed by atoms with Crippen LogP contribution in [0.2, 0.25) is 0 Å².